The van der Waals surface area contributed by atoms with E-state index in [0.29, 0.717) is 0 Å². The molecule has 2 nitrogen and oxygen atoms in total. The Morgan fingerprint density at radius 3 is 1.80 bits per heavy atom. The number of fused-ring (bicyclic) bond motifs is 3. The number of ether oxygens (including phenoxy) is 1. The molecular weight excluding hydrogens is 248 g/mol. The summed E-state index contributed by atoms with van der Waals surface area (Å²) in [6.07, 6.45) is -0.283. The van der Waals surface area contributed by atoms with Crippen molar-refractivity contribution in [2.75, 3.05) is 0 Å². The van der Waals surface area contributed by atoms with Crippen LogP contribution in [0.2, 0.25) is 0 Å². The third kappa shape index (κ3) is 2.01. The van der Waals surface area contributed by atoms with Gasteiger partial charge in [0, 0.05) is 11.1 Å². The lowest BCUT2D eigenvalue weighted by Gasteiger charge is -2.21. The van der Waals surface area contributed by atoms with Crippen LogP contribution in [0, 0.1) is 5.41 Å². The smallest absolute Gasteiger partial charge is 0.312 e. The largest absolute Gasteiger partial charge is 0.452 e. The van der Waals surface area contributed by atoms with Gasteiger partial charge in [-0.15, -0.1) is 0 Å². The van der Waals surface area contributed by atoms with E-state index in [1.807, 2.05) is 57.2 Å². The van der Waals surface area contributed by atoms with Gasteiger partial charge < -0.3 is 4.74 Å². The van der Waals surface area contributed by atoms with E-state index in [1.54, 1.807) is 0 Å². The first-order valence-corrected chi connectivity index (χ1v) is 6.88. The van der Waals surface area contributed by atoms with Crippen molar-refractivity contribution < 1.29 is 9.53 Å². The molecule has 2 heteroatoms. The van der Waals surface area contributed by atoms with Crippen LogP contribution < -0.4 is 0 Å². The van der Waals surface area contributed by atoms with Gasteiger partial charge >= 0.3 is 5.97 Å². The number of benzene rings is 2. The van der Waals surface area contributed by atoms with Gasteiger partial charge in [0.1, 0.15) is 0 Å². The van der Waals surface area contributed by atoms with E-state index >= 15 is 0 Å². The molecular formula is C18H18O2. The minimum absolute atomic E-state index is 0.172. The number of carbonyl (C=O) groups is 1. The predicted molar refractivity (Wildman–Crippen MR) is 79.3 cm³/mol. The van der Waals surface area contributed by atoms with Crippen molar-refractivity contribution in [3.63, 3.8) is 0 Å². The summed E-state index contributed by atoms with van der Waals surface area (Å²) in [5.74, 6) is -0.172. The van der Waals surface area contributed by atoms with Gasteiger partial charge in [0.2, 0.25) is 0 Å². The van der Waals surface area contributed by atoms with Crippen molar-refractivity contribution in [1.82, 2.24) is 0 Å². The normalized spacial score (nSPS) is 13.8. The van der Waals surface area contributed by atoms with Crippen molar-refractivity contribution in [1.29, 1.82) is 0 Å². The Morgan fingerprint density at radius 1 is 0.900 bits per heavy atom. The van der Waals surface area contributed by atoms with Gasteiger partial charge in [-0.3, -0.25) is 4.79 Å². The Balaban J connectivity index is 2.06. The molecule has 0 N–H and O–H groups in total. The second-order valence-corrected chi connectivity index (χ2v) is 6.21. The first kappa shape index (κ1) is 12.9. The van der Waals surface area contributed by atoms with Gasteiger partial charge in [-0.1, -0.05) is 48.5 Å². The van der Waals surface area contributed by atoms with Gasteiger partial charge in [0.25, 0.3) is 0 Å². The highest BCUT2D eigenvalue weighted by Crippen LogP contribution is 2.45. The molecule has 3 rings (SSSR count). The van der Waals surface area contributed by atoms with E-state index in [-0.39, 0.29) is 12.1 Å². The van der Waals surface area contributed by atoms with Crippen LogP contribution in [-0.4, -0.2) is 5.97 Å². The second-order valence-electron chi connectivity index (χ2n) is 6.21. The molecule has 0 spiro atoms. The van der Waals surface area contributed by atoms with E-state index in [2.05, 4.69) is 12.1 Å². The molecule has 0 saturated heterocycles. The summed E-state index contributed by atoms with van der Waals surface area (Å²) in [5.41, 5.74) is 3.98. The topological polar surface area (TPSA) is 26.3 Å². The van der Waals surface area contributed by atoms with Gasteiger partial charge in [-0.2, -0.15) is 0 Å². The van der Waals surface area contributed by atoms with Crippen LogP contribution >= 0.6 is 0 Å². The average molecular weight is 266 g/mol. The highest BCUT2D eigenvalue weighted by molar-refractivity contribution is 5.81. The number of carbonyl (C=O) groups excluding carboxylic acids is 1. The first-order valence-electron chi connectivity index (χ1n) is 6.88. The van der Waals surface area contributed by atoms with Crippen LogP contribution in [0.3, 0.4) is 0 Å². The molecule has 1 aliphatic rings. The van der Waals surface area contributed by atoms with Crippen LogP contribution in [-0.2, 0) is 9.53 Å². The molecule has 1 aliphatic carbocycles. The van der Waals surface area contributed by atoms with Gasteiger partial charge in [0.15, 0.2) is 6.10 Å². The molecule has 2 aromatic rings. The molecule has 0 amide bonds. The molecule has 0 aliphatic heterocycles. The minimum Gasteiger partial charge on any atom is -0.452 e. The Morgan fingerprint density at radius 2 is 1.35 bits per heavy atom. The molecule has 0 unspecified atom stereocenters. The molecule has 0 bridgehead atoms. The summed E-state index contributed by atoms with van der Waals surface area (Å²) < 4.78 is 5.79. The van der Waals surface area contributed by atoms with Crippen molar-refractivity contribution >= 4 is 5.97 Å². The van der Waals surface area contributed by atoms with Crippen LogP contribution in [0.5, 0.6) is 0 Å². The molecule has 0 fully saturated rings. The van der Waals surface area contributed by atoms with Crippen molar-refractivity contribution in [2.24, 2.45) is 5.41 Å². The summed E-state index contributed by atoms with van der Waals surface area (Å²) in [7, 11) is 0. The summed E-state index contributed by atoms with van der Waals surface area (Å²) in [4.78, 5) is 12.2. The van der Waals surface area contributed by atoms with Crippen molar-refractivity contribution in [3.05, 3.63) is 59.7 Å². The maximum atomic E-state index is 12.2. The predicted octanol–water partition coefficient (Wildman–Crippen LogP) is 4.35. The third-order valence-corrected chi connectivity index (χ3v) is 3.61. The molecule has 0 heterocycles. The molecule has 0 aromatic heterocycles. The lowest BCUT2D eigenvalue weighted by atomic mass is 9.97. The number of esters is 1. The molecule has 0 radical (unpaired) electrons. The quantitative estimate of drug-likeness (QED) is 0.717. The Hall–Kier alpha value is -2.09. The highest BCUT2D eigenvalue weighted by Gasteiger charge is 2.34. The van der Waals surface area contributed by atoms with Crippen molar-refractivity contribution in [2.45, 2.75) is 26.9 Å². The maximum Gasteiger partial charge on any atom is 0.312 e. The maximum absolute atomic E-state index is 12.2. The number of hydrogen-bond donors (Lipinski definition) is 0. The Bertz CT molecular complexity index is 620. The second kappa shape index (κ2) is 4.48. The zero-order chi connectivity index (χ0) is 14.3. The molecule has 20 heavy (non-hydrogen) atoms. The molecule has 2 aromatic carbocycles. The molecule has 0 atom stereocenters. The Kier molecular flexibility index (Phi) is 2.89. The fourth-order valence-electron chi connectivity index (χ4n) is 2.52. The first-order chi connectivity index (χ1) is 9.48. The van der Waals surface area contributed by atoms with Crippen LogP contribution in [0.25, 0.3) is 11.1 Å². The average Bonchev–Trinajstić information content (AvgIpc) is 2.73. The van der Waals surface area contributed by atoms with Crippen LogP contribution in [0.4, 0.5) is 0 Å². The summed E-state index contributed by atoms with van der Waals surface area (Å²) >= 11 is 0. The van der Waals surface area contributed by atoms with Crippen LogP contribution in [0.1, 0.15) is 38.0 Å². The SMILES string of the molecule is CC(C)(C)C(=O)OC1c2ccccc2-c2ccccc21. The minimum atomic E-state index is -0.494. The van der Waals surface area contributed by atoms with E-state index in [4.69, 9.17) is 4.74 Å². The monoisotopic (exact) mass is 266 g/mol. The zero-order valence-electron chi connectivity index (χ0n) is 12.0. The zero-order valence-corrected chi connectivity index (χ0v) is 12.0. The van der Waals surface area contributed by atoms with E-state index in [9.17, 15) is 4.79 Å². The van der Waals surface area contributed by atoms with Gasteiger partial charge in [-0.25, -0.2) is 0 Å². The van der Waals surface area contributed by atoms with Gasteiger partial charge in [0.05, 0.1) is 5.41 Å². The summed E-state index contributed by atoms with van der Waals surface area (Å²) in [6.45, 7) is 5.63. The van der Waals surface area contributed by atoms with Crippen molar-refractivity contribution in [3.8, 4) is 11.1 Å². The number of rotatable bonds is 1. The lowest BCUT2D eigenvalue weighted by molar-refractivity contribution is -0.156. The number of hydrogen-bond acceptors (Lipinski definition) is 2. The van der Waals surface area contributed by atoms with Gasteiger partial charge in [-0.05, 0) is 31.9 Å². The summed E-state index contributed by atoms with van der Waals surface area (Å²) in [6, 6.07) is 16.3. The standard InChI is InChI=1S/C18H18O2/c1-18(2,3)17(19)20-16-14-10-6-4-8-12(14)13-9-5-7-11-15(13)16/h4-11,16H,1-3H3. The molecule has 102 valence electrons. The third-order valence-electron chi connectivity index (χ3n) is 3.61. The molecule has 0 saturated carbocycles. The van der Waals surface area contributed by atoms with E-state index in [0.717, 1.165) is 22.3 Å². The summed E-state index contributed by atoms with van der Waals surface area (Å²) in [5, 5.41) is 0. The van der Waals surface area contributed by atoms with E-state index < -0.39 is 5.41 Å². The lowest BCUT2D eigenvalue weighted by Crippen LogP contribution is -2.24. The Labute approximate surface area is 119 Å². The highest BCUT2D eigenvalue weighted by atomic mass is 16.5. The fraction of sp³-hybridized carbons (Fsp3) is 0.278. The fourth-order valence-corrected chi connectivity index (χ4v) is 2.52. The van der Waals surface area contributed by atoms with E-state index in [1.165, 1.54) is 0 Å². The van der Waals surface area contributed by atoms with Crippen LogP contribution in [0.15, 0.2) is 48.5 Å².